The average molecular weight is 185 g/mol. The smallest absolute Gasteiger partial charge is 0.186 e. The normalized spacial score (nSPS) is 31.1. The summed E-state index contributed by atoms with van der Waals surface area (Å²) in [6, 6.07) is 0. The van der Waals surface area contributed by atoms with E-state index in [4.69, 9.17) is 12.2 Å². The molecule has 1 aliphatic carbocycles. The fraction of sp³-hybridized carbons (Fsp3) is 0.750. The highest BCUT2D eigenvalue weighted by Gasteiger charge is 2.29. The number of nitrogens with zero attached hydrogens (tertiary/aromatic N) is 1. The number of hydrogen-bond acceptors (Lipinski definition) is 2. The van der Waals surface area contributed by atoms with Crippen molar-refractivity contribution in [1.29, 1.82) is 0 Å². The lowest BCUT2D eigenvalue weighted by molar-refractivity contribution is 0.416. The molecule has 1 aliphatic rings. The van der Waals surface area contributed by atoms with Gasteiger partial charge in [0.05, 0.1) is 0 Å². The van der Waals surface area contributed by atoms with E-state index in [-0.39, 0.29) is 0 Å². The lowest BCUT2D eigenvalue weighted by Gasteiger charge is -2.32. The van der Waals surface area contributed by atoms with E-state index in [1.165, 1.54) is 5.71 Å². The van der Waals surface area contributed by atoms with Crippen molar-refractivity contribution >= 4 is 23.0 Å². The predicted molar refractivity (Wildman–Crippen MR) is 55.2 cm³/mol. The fourth-order valence-corrected chi connectivity index (χ4v) is 1.23. The van der Waals surface area contributed by atoms with Gasteiger partial charge in [0.2, 0.25) is 0 Å². The molecule has 68 valence electrons. The van der Waals surface area contributed by atoms with Crippen LogP contribution in [0.15, 0.2) is 5.10 Å². The van der Waals surface area contributed by atoms with E-state index in [0.29, 0.717) is 11.0 Å². The largest absolute Gasteiger partial charge is 0.364 e. The van der Waals surface area contributed by atoms with Crippen molar-refractivity contribution in [2.75, 3.05) is 7.05 Å². The van der Waals surface area contributed by atoms with Crippen LogP contribution in [0.3, 0.4) is 0 Å². The summed E-state index contributed by atoms with van der Waals surface area (Å²) in [7, 11) is 1.78. The zero-order valence-corrected chi connectivity index (χ0v) is 8.53. The Bertz CT molecular complexity index is 212. The molecule has 1 rings (SSSR count). The summed E-state index contributed by atoms with van der Waals surface area (Å²) in [6.07, 6.45) is 1.10. The first-order valence-electron chi connectivity index (χ1n) is 4.19. The minimum absolute atomic E-state index is 0.578. The lowest BCUT2D eigenvalue weighted by Crippen LogP contribution is -2.37. The van der Waals surface area contributed by atoms with Gasteiger partial charge in [0.1, 0.15) is 0 Å². The topological polar surface area (TPSA) is 36.4 Å². The summed E-state index contributed by atoms with van der Waals surface area (Å²) in [5, 5.41) is 7.58. The van der Waals surface area contributed by atoms with Crippen LogP contribution in [0.4, 0.5) is 0 Å². The second kappa shape index (κ2) is 3.85. The van der Waals surface area contributed by atoms with Crippen LogP contribution in [0.1, 0.15) is 20.3 Å². The lowest BCUT2D eigenvalue weighted by atomic mass is 9.74. The number of nitrogens with one attached hydrogen (secondary N) is 2. The van der Waals surface area contributed by atoms with Crippen LogP contribution in [0.2, 0.25) is 0 Å². The molecule has 0 saturated heterocycles. The highest BCUT2D eigenvalue weighted by Crippen LogP contribution is 2.30. The molecule has 1 fully saturated rings. The Morgan fingerprint density at radius 1 is 1.58 bits per heavy atom. The molecule has 2 unspecified atom stereocenters. The fourth-order valence-electron chi connectivity index (χ4n) is 1.19. The Hall–Kier alpha value is -0.640. The molecule has 0 aromatic carbocycles. The van der Waals surface area contributed by atoms with Crippen LogP contribution < -0.4 is 10.7 Å². The third-order valence-electron chi connectivity index (χ3n) is 2.44. The van der Waals surface area contributed by atoms with Gasteiger partial charge in [-0.15, -0.1) is 0 Å². The molecule has 0 bridgehead atoms. The summed E-state index contributed by atoms with van der Waals surface area (Å²) in [5.74, 6) is 1.38. The Morgan fingerprint density at radius 2 is 2.25 bits per heavy atom. The highest BCUT2D eigenvalue weighted by atomic mass is 32.1. The van der Waals surface area contributed by atoms with E-state index in [0.717, 1.165) is 12.3 Å². The molecular formula is C8H15N3S. The van der Waals surface area contributed by atoms with Crippen LogP contribution in [0.5, 0.6) is 0 Å². The molecule has 0 radical (unpaired) electrons. The van der Waals surface area contributed by atoms with Gasteiger partial charge < -0.3 is 5.32 Å². The summed E-state index contributed by atoms with van der Waals surface area (Å²) in [5.41, 5.74) is 4.02. The van der Waals surface area contributed by atoms with Gasteiger partial charge in [0.15, 0.2) is 5.11 Å². The molecular weight excluding hydrogens is 170 g/mol. The molecule has 1 saturated carbocycles. The zero-order valence-electron chi connectivity index (χ0n) is 7.72. The van der Waals surface area contributed by atoms with Gasteiger partial charge in [0.25, 0.3) is 0 Å². The SMILES string of the molecule is CNC(=S)N/N=C1/CC(C)C1C. The van der Waals surface area contributed by atoms with E-state index in [2.05, 4.69) is 29.7 Å². The first kappa shape index (κ1) is 9.45. The minimum Gasteiger partial charge on any atom is -0.364 e. The number of rotatable bonds is 1. The molecule has 2 N–H and O–H groups in total. The summed E-state index contributed by atoms with van der Waals surface area (Å²) in [4.78, 5) is 0. The number of hydrazone groups is 1. The molecule has 0 aliphatic heterocycles. The van der Waals surface area contributed by atoms with Gasteiger partial charge in [-0.05, 0) is 30.5 Å². The van der Waals surface area contributed by atoms with Gasteiger partial charge in [-0.3, -0.25) is 5.43 Å². The molecule has 0 spiro atoms. The molecule has 0 aromatic rings. The van der Waals surface area contributed by atoms with Crippen molar-refractivity contribution in [3.05, 3.63) is 0 Å². The Labute approximate surface area is 78.6 Å². The summed E-state index contributed by atoms with van der Waals surface area (Å²) in [6.45, 7) is 4.43. The van der Waals surface area contributed by atoms with Crippen molar-refractivity contribution in [3.8, 4) is 0 Å². The molecule has 3 nitrogen and oxygen atoms in total. The Balaban J connectivity index is 2.34. The number of hydrogen-bond donors (Lipinski definition) is 2. The molecule has 0 amide bonds. The van der Waals surface area contributed by atoms with Gasteiger partial charge in [-0.1, -0.05) is 13.8 Å². The highest BCUT2D eigenvalue weighted by molar-refractivity contribution is 7.80. The number of thiocarbonyl (C=S) groups is 1. The van der Waals surface area contributed by atoms with Gasteiger partial charge in [-0.25, -0.2) is 0 Å². The van der Waals surface area contributed by atoms with Gasteiger partial charge >= 0.3 is 0 Å². The molecule has 12 heavy (non-hydrogen) atoms. The van der Waals surface area contributed by atoms with E-state index in [1.807, 2.05) is 0 Å². The quantitative estimate of drug-likeness (QED) is 0.474. The van der Waals surface area contributed by atoms with Crippen LogP contribution in [0, 0.1) is 11.8 Å². The van der Waals surface area contributed by atoms with Crippen molar-refractivity contribution < 1.29 is 0 Å². The van der Waals surface area contributed by atoms with E-state index in [9.17, 15) is 0 Å². The van der Waals surface area contributed by atoms with Gasteiger partial charge in [-0.2, -0.15) is 5.10 Å². The molecule has 0 heterocycles. The van der Waals surface area contributed by atoms with E-state index < -0.39 is 0 Å². The predicted octanol–water partition coefficient (Wildman–Crippen LogP) is 1.11. The maximum Gasteiger partial charge on any atom is 0.186 e. The van der Waals surface area contributed by atoms with Crippen LogP contribution >= 0.6 is 12.2 Å². The van der Waals surface area contributed by atoms with Crippen molar-refractivity contribution in [2.45, 2.75) is 20.3 Å². The van der Waals surface area contributed by atoms with E-state index in [1.54, 1.807) is 7.05 Å². The second-order valence-electron chi connectivity index (χ2n) is 3.26. The second-order valence-corrected chi connectivity index (χ2v) is 3.67. The van der Waals surface area contributed by atoms with Crippen molar-refractivity contribution in [2.24, 2.45) is 16.9 Å². The zero-order chi connectivity index (χ0) is 9.14. The third-order valence-corrected chi connectivity index (χ3v) is 2.73. The van der Waals surface area contributed by atoms with Crippen LogP contribution in [-0.2, 0) is 0 Å². The standard InChI is InChI=1S/C8H15N3S/c1-5-4-7(6(5)2)10-11-8(12)9-3/h5-6H,4H2,1-3H3,(H2,9,11,12)/b10-7-. The third kappa shape index (κ3) is 1.94. The molecule has 4 heteroatoms. The monoisotopic (exact) mass is 185 g/mol. The van der Waals surface area contributed by atoms with Crippen molar-refractivity contribution in [1.82, 2.24) is 10.7 Å². The Kier molecular flexibility index (Phi) is 3.03. The molecule has 0 aromatic heterocycles. The first-order valence-corrected chi connectivity index (χ1v) is 4.60. The maximum atomic E-state index is 4.88. The van der Waals surface area contributed by atoms with Gasteiger partial charge in [0, 0.05) is 12.8 Å². The van der Waals surface area contributed by atoms with Crippen LogP contribution in [0.25, 0.3) is 0 Å². The van der Waals surface area contributed by atoms with E-state index >= 15 is 0 Å². The Morgan fingerprint density at radius 3 is 2.67 bits per heavy atom. The maximum absolute atomic E-state index is 4.88. The van der Waals surface area contributed by atoms with Crippen molar-refractivity contribution in [3.63, 3.8) is 0 Å². The first-order chi connectivity index (χ1) is 5.65. The summed E-state index contributed by atoms with van der Waals surface area (Å²) < 4.78 is 0. The average Bonchev–Trinajstić information content (AvgIpc) is 2.10. The molecule has 2 atom stereocenters. The minimum atomic E-state index is 0.578. The van der Waals surface area contributed by atoms with Crippen LogP contribution in [-0.4, -0.2) is 17.9 Å². The summed E-state index contributed by atoms with van der Waals surface area (Å²) >= 11 is 4.88.